The number of nitrogens with one attached hydrogen (secondary N) is 1. The number of anilines is 1. The zero-order valence-corrected chi connectivity index (χ0v) is 16.1. The summed E-state index contributed by atoms with van der Waals surface area (Å²) in [6.45, 7) is -0.405. The number of rotatable bonds is 6. The highest BCUT2D eigenvalue weighted by atomic mass is 16.5. The van der Waals surface area contributed by atoms with Crippen molar-refractivity contribution in [2.75, 3.05) is 19.0 Å². The standard InChI is InChI=1S/C23H18N2O5/c1-28-18-10-8-17(9-11-18)24-21(26)14-29-23(27)16-7-12-20-19(13-16)22(30-25-20)15-5-3-2-4-6-15/h2-13H,14H2,1H3,(H,24,26). The Morgan fingerprint density at radius 2 is 1.77 bits per heavy atom. The monoisotopic (exact) mass is 402 g/mol. The summed E-state index contributed by atoms with van der Waals surface area (Å²) in [6.07, 6.45) is 0. The topological polar surface area (TPSA) is 90.7 Å². The molecule has 4 aromatic rings. The number of carbonyl (C=O) groups is 2. The van der Waals surface area contributed by atoms with E-state index in [0.717, 1.165) is 5.56 Å². The van der Waals surface area contributed by atoms with Crippen molar-refractivity contribution >= 4 is 28.5 Å². The van der Waals surface area contributed by atoms with Crippen LogP contribution in [0.25, 0.3) is 22.2 Å². The third-order valence-corrected chi connectivity index (χ3v) is 4.46. The molecule has 1 amide bonds. The zero-order chi connectivity index (χ0) is 20.9. The zero-order valence-electron chi connectivity index (χ0n) is 16.1. The minimum absolute atomic E-state index is 0.306. The Morgan fingerprint density at radius 3 is 2.50 bits per heavy atom. The van der Waals surface area contributed by atoms with E-state index in [4.69, 9.17) is 14.0 Å². The smallest absolute Gasteiger partial charge is 0.338 e. The molecule has 150 valence electrons. The Kier molecular flexibility index (Phi) is 5.43. The van der Waals surface area contributed by atoms with E-state index in [2.05, 4.69) is 10.5 Å². The Balaban J connectivity index is 1.43. The van der Waals surface area contributed by atoms with Crippen LogP contribution in [0.15, 0.2) is 77.3 Å². The van der Waals surface area contributed by atoms with Crippen molar-refractivity contribution in [1.82, 2.24) is 5.16 Å². The molecule has 0 aliphatic carbocycles. The van der Waals surface area contributed by atoms with Gasteiger partial charge in [-0.2, -0.15) is 0 Å². The molecule has 0 saturated carbocycles. The highest BCUT2D eigenvalue weighted by molar-refractivity contribution is 6.00. The van der Waals surface area contributed by atoms with Crippen molar-refractivity contribution < 1.29 is 23.6 Å². The number of fused-ring (bicyclic) bond motifs is 1. The average Bonchev–Trinajstić information content (AvgIpc) is 3.22. The number of amides is 1. The van der Waals surface area contributed by atoms with E-state index in [-0.39, 0.29) is 0 Å². The molecule has 0 atom stereocenters. The molecule has 0 fully saturated rings. The lowest BCUT2D eigenvalue weighted by molar-refractivity contribution is -0.119. The fourth-order valence-corrected chi connectivity index (χ4v) is 2.95. The molecular weight excluding hydrogens is 384 g/mol. The van der Waals surface area contributed by atoms with Gasteiger partial charge in [-0.1, -0.05) is 35.5 Å². The summed E-state index contributed by atoms with van der Waals surface area (Å²) >= 11 is 0. The fraction of sp³-hybridized carbons (Fsp3) is 0.0870. The molecule has 0 aliphatic heterocycles. The average molecular weight is 402 g/mol. The van der Waals surface area contributed by atoms with Crippen LogP contribution in [0.4, 0.5) is 5.69 Å². The van der Waals surface area contributed by atoms with Crippen LogP contribution in [0.1, 0.15) is 10.4 Å². The predicted octanol–water partition coefficient (Wildman–Crippen LogP) is 4.30. The van der Waals surface area contributed by atoms with Crippen molar-refractivity contribution in [3.63, 3.8) is 0 Å². The van der Waals surface area contributed by atoms with Crippen LogP contribution in [0, 0.1) is 0 Å². The third-order valence-electron chi connectivity index (χ3n) is 4.46. The van der Waals surface area contributed by atoms with Gasteiger partial charge in [0, 0.05) is 11.3 Å². The van der Waals surface area contributed by atoms with Gasteiger partial charge in [-0.05, 0) is 42.5 Å². The van der Waals surface area contributed by atoms with Crippen molar-refractivity contribution in [3.05, 3.63) is 78.4 Å². The lowest BCUT2D eigenvalue weighted by Crippen LogP contribution is -2.20. The lowest BCUT2D eigenvalue weighted by atomic mass is 10.1. The summed E-state index contributed by atoms with van der Waals surface area (Å²) < 4.78 is 15.7. The first kappa shape index (κ1) is 19.2. The van der Waals surface area contributed by atoms with Crippen LogP contribution >= 0.6 is 0 Å². The van der Waals surface area contributed by atoms with Gasteiger partial charge in [0.05, 0.1) is 18.1 Å². The molecule has 1 N–H and O–H groups in total. The van der Waals surface area contributed by atoms with Gasteiger partial charge in [-0.3, -0.25) is 4.79 Å². The maximum Gasteiger partial charge on any atom is 0.338 e. The van der Waals surface area contributed by atoms with Crippen LogP contribution in [-0.4, -0.2) is 30.7 Å². The number of hydrogen-bond acceptors (Lipinski definition) is 6. The number of hydrogen-bond donors (Lipinski definition) is 1. The second-order valence-electron chi connectivity index (χ2n) is 6.46. The minimum atomic E-state index is -0.609. The third kappa shape index (κ3) is 4.15. The minimum Gasteiger partial charge on any atom is -0.497 e. The molecule has 4 rings (SSSR count). The summed E-state index contributed by atoms with van der Waals surface area (Å²) in [7, 11) is 1.56. The van der Waals surface area contributed by atoms with Gasteiger partial charge in [0.15, 0.2) is 12.4 Å². The molecule has 0 spiro atoms. The quantitative estimate of drug-likeness (QED) is 0.484. The van der Waals surface area contributed by atoms with E-state index in [1.54, 1.807) is 49.6 Å². The number of aromatic nitrogens is 1. The molecule has 0 bridgehead atoms. The van der Waals surface area contributed by atoms with E-state index >= 15 is 0 Å². The first-order chi connectivity index (χ1) is 14.6. The Hall–Kier alpha value is -4.13. The van der Waals surface area contributed by atoms with Crippen LogP contribution in [0.3, 0.4) is 0 Å². The molecule has 7 heteroatoms. The second-order valence-corrected chi connectivity index (χ2v) is 6.46. The maximum atomic E-state index is 12.4. The molecule has 30 heavy (non-hydrogen) atoms. The van der Waals surface area contributed by atoms with Gasteiger partial charge < -0.3 is 19.3 Å². The molecular formula is C23H18N2O5. The number of ether oxygens (including phenoxy) is 2. The number of carbonyl (C=O) groups excluding carboxylic acids is 2. The number of methoxy groups -OCH3 is 1. The lowest BCUT2D eigenvalue weighted by Gasteiger charge is -2.07. The van der Waals surface area contributed by atoms with E-state index in [0.29, 0.717) is 33.7 Å². The second kappa shape index (κ2) is 8.48. The van der Waals surface area contributed by atoms with Gasteiger partial charge in [0.2, 0.25) is 0 Å². The molecule has 3 aromatic carbocycles. The van der Waals surface area contributed by atoms with Crippen molar-refractivity contribution in [1.29, 1.82) is 0 Å². The normalized spacial score (nSPS) is 10.6. The first-order valence-electron chi connectivity index (χ1n) is 9.20. The van der Waals surface area contributed by atoms with Crippen LogP contribution in [0.5, 0.6) is 5.75 Å². The summed E-state index contributed by atoms with van der Waals surface area (Å²) in [4.78, 5) is 24.5. The molecule has 0 saturated heterocycles. The van der Waals surface area contributed by atoms with E-state index in [9.17, 15) is 9.59 Å². The summed E-state index contributed by atoms with van der Waals surface area (Å²) in [6, 6.07) is 21.2. The molecule has 0 unspecified atom stereocenters. The predicted molar refractivity (Wildman–Crippen MR) is 111 cm³/mol. The summed E-state index contributed by atoms with van der Waals surface area (Å²) in [5.41, 5.74) is 2.36. The Bertz CT molecular complexity index is 1180. The summed E-state index contributed by atoms with van der Waals surface area (Å²) in [5, 5.41) is 7.38. The van der Waals surface area contributed by atoms with Gasteiger partial charge in [-0.25, -0.2) is 4.79 Å². The number of esters is 1. The largest absolute Gasteiger partial charge is 0.497 e. The SMILES string of the molecule is COc1ccc(NC(=O)COC(=O)c2ccc3noc(-c4ccccc4)c3c2)cc1. The Labute approximate surface area is 172 Å². The van der Waals surface area contributed by atoms with Crippen LogP contribution in [-0.2, 0) is 9.53 Å². The summed E-state index contributed by atoms with van der Waals surface area (Å²) in [5.74, 6) is 0.197. The van der Waals surface area contributed by atoms with Crippen molar-refractivity contribution in [3.8, 4) is 17.1 Å². The number of benzene rings is 3. The molecule has 1 aromatic heterocycles. The first-order valence-corrected chi connectivity index (χ1v) is 9.20. The van der Waals surface area contributed by atoms with Crippen LogP contribution in [0.2, 0.25) is 0 Å². The molecule has 0 radical (unpaired) electrons. The van der Waals surface area contributed by atoms with Crippen molar-refractivity contribution in [2.45, 2.75) is 0 Å². The van der Waals surface area contributed by atoms with E-state index < -0.39 is 18.5 Å². The van der Waals surface area contributed by atoms with Gasteiger partial charge >= 0.3 is 5.97 Å². The van der Waals surface area contributed by atoms with E-state index in [1.165, 1.54) is 0 Å². The Morgan fingerprint density at radius 1 is 1.00 bits per heavy atom. The highest BCUT2D eigenvalue weighted by Crippen LogP contribution is 2.29. The van der Waals surface area contributed by atoms with Crippen LogP contribution < -0.4 is 10.1 Å². The van der Waals surface area contributed by atoms with Gasteiger partial charge in [0.25, 0.3) is 5.91 Å². The molecule has 7 nitrogen and oxygen atoms in total. The van der Waals surface area contributed by atoms with Gasteiger partial charge in [0.1, 0.15) is 11.3 Å². The molecule has 0 aliphatic rings. The number of nitrogens with zero attached hydrogens (tertiary/aromatic N) is 1. The van der Waals surface area contributed by atoms with Gasteiger partial charge in [-0.15, -0.1) is 0 Å². The fourth-order valence-electron chi connectivity index (χ4n) is 2.95. The van der Waals surface area contributed by atoms with Crippen molar-refractivity contribution in [2.24, 2.45) is 0 Å². The highest BCUT2D eigenvalue weighted by Gasteiger charge is 2.16. The molecule has 1 heterocycles. The van der Waals surface area contributed by atoms with E-state index in [1.807, 2.05) is 30.3 Å². The maximum absolute atomic E-state index is 12.4.